The van der Waals surface area contributed by atoms with Gasteiger partial charge >= 0.3 is 6.09 Å². The standard InChI is InChI=1S/C13H16FNO3/c1-9(14)12-8-18-13(16)15(12)7-10-3-5-11(17-2)6-4-10/h3-6,9,12H,7-8H2,1-2H3/t9-,12?/m1/s1. The van der Waals surface area contributed by atoms with E-state index in [0.717, 1.165) is 11.3 Å². The van der Waals surface area contributed by atoms with Gasteiger partial charge in [0.15, 0.2) is 0 Å². The van der Waals surface area contributed by atoms with E-state index in [2.05, 4.69) is 0 Å². The van der Waals surface area contributed by atoms with Gasteiger partial charge in [-0.2, -0.15) is 0 Å². The Labute approximate surface area is 105 Å². The third-order valence-corrected chi connectivity index (χ3v) is 3.05. The molecule has 1 aliphatic rings. The van der Waals surface area contributed by atoms with Crippen LogP contribution in [0.5, 0.6) is 5.75 Å². The molecule has 0 bridgehead atoms. The second kappa shape index (κ2) is 5.25. The number of halogens is 1. The lowest BCUT2D eigenvalue weighted by Crippen LogP contribution is -2.38. The molecule has 0 spiro atoms. The molecule has 0 N–H and O–H groups in total. The Morgan fingerprint density at radius 1 is 1.50 bits per heavy atom. The Morgan fingerprint density at radius 2 is 2.17 bits per heavy atom. The van der Waals surface area contributed by atoms with Crippen LogP contribution in [0.15, 0.2) is 24.3 Å². The molecular weight excluding hydrogens is 237 g/mol. The number of ether oxygens (including phenoxy) is 2. The summed E-state index contributed by atoms with van der Waals surface area (Å²) in [6, 6.07) is 6.82. The van der Waals surface area contributed by atoms with Crippen molar-refractivity contribution >= 4 is 6.09 Å². The topological polar surface area (TPSA) is 38.8 Å². The largest absolute Gasteiger partial charge is 0.497 e. The van der Waals surface area contributed by atoms with Crippen LogP contribution in [0.4, 0.5) is 9.18 Å². The predicted octanol–water partition coefficient (Wildman–Crippen LogP) is 2.37. The average Bonchev–Trinajstić information content (AvgIpc) is 2.72. The van der Waals surface area contributed by atoms with E-state index in [1.165, 1.54) is 11.8 Å². The molecule has 1 aliphatic heterocycles. The Hall–Kier alpha value is -1.78. The van der Waals surface area contributed by atoms with Gasteiger partial charge in [0.05, 0.1) is 7.11 Å². The van der Waals surface area contributed by atoms with Crippen LogP contribution in [0.3, 0.4) is 0 Å². The summed E-state index contributed by atoms with van der Waals surface area (Å²) in [4.78, 5) is 13.0. The van der Waals surface area contributed by atoms with Crippen molar-refractivity contribution in [2.24, 2.45) is 0 Å². The molecule has 1 aromatic carbocycles. The van der Waals surface area contributed by atoms with E-state index >= 15 is 0 Å². The first kappa shape index (κ1) is 12.7. The van der Waals surface area contributed by atoms with Crippen LogP contribution in [-0.4, -0.2) is 36.9 Å². The van der Waals surface area contributed by atoms with E-state index in [4.69, 9.17) is 9.47 Å². The zero-order chi connectivity index (χ0) is 13.1. The number of benzene rings is 1. The number of hydrogen-bond donors (Lipinski definition) is 0. The molecule has 2 atom stereocenters. The van der Waals surface area contributed by atoms with Crippen LogP contribution in [0.25, 0.3) is 0 Å². The molecule has 0 aromatic heterocycles. The lowest BCUT2D eigenvalue weighted by atomic mass is 10.1. The van der Waals surface area contributed by atoms with Crippen LogP contribution in [-0.2, 0) is 11.3 Å². The van der Waals surface area contributed by atoms with E-state index in [1.807, 2.05) is 24.3 Å². The molecule has 98 valence electrons. The first-order chi connectivity index (χ1) is 8.61. The second-order valence-corrected chi connectivity index (χ2v) is 4.30. The Kier molecular flexibility index (Phi) is 3.69. The summed E-state index contributed by atoms with van der Waals surface area (Å²) in [5, 5.41) is 0. The predicted molar refractivity (Wildman–Crippen MR) is 64.2 cm³/mol. The van der Waals surface area contributed by atoms with Gasteiger partial charge in [0, 0.05) is 6.54 Å². The normalized spacial score (nSPS) is 20.7. The van der Waals surface area contributed by atoms with Crippen LogP contribution >= 0.6 is 0 Å². The minimum Gasteiger partial charge on any atom is -0.497 e. The van der Waals surface area contributed by atoms with Gasteiger partial charge in [0.25, 0.3) is 0 Å². The van der Waals surface area contributed by atoms with Gasteiger partial charge in [-0.1, -0.05) is 12.1 Å². The van der Waals surface area contributed by atoms with Crippen molar-refractivity contribution in [1.29, 1.82) is 0 Å². The molecule has 18 heavy (non-hydrogen) atoms. The van der Waals surface area contributed by atoms with Gasteiger partial charge < -0.3 is 9.47 Å². The number of rotatable bonds is 4. The molecule has 0 saturated carbocycles. The van der Waals surface area contributed by atoms with Crippen molar-refractivity contribution in [2.45, 2.75) is 25.7 Å². The fourth-order valence-electron chi connectivity index (χ4n) is 1.95. The number of hydrogen-bond acceptors (Lipinski definition) is 3. The minimum absolute atomic E-state index is 0.118. The van der Waals surface area contributed by atoms with Crippen molar-refractivity contribution in [1.82, 2.24) is 4.90 Å². The highest BCUT2D eigenvalue weighted by Gasteiger charge is 2.36. The smallest absolute Gasteiger partial charge is 0.410 e. The number of amides is 1. The Bertz CT molecular complexity index is 419. The van der Waals surface area contributed by atoms with E-state index in [9.17, 15) is 9.18 Å². The number of nitrogens with zero attached hydrogens (tertiary/aromatic N) is 1. The molecule has 1 unspecified atom stereocenters. The third kappa shape index (κ3) is 2.55. The van der Waals surface area contributed by atoms with Crippen LogP contribution < -0.4 is 4.74 Å². The molecule has 1 amide bonds. The first-order valence-electron chi connectivity index (χ1n) is 5.82. The van der Waals surface area contributed by atoms with Crippen molar-refractivity contribution in [3.63, 3.8) is 0 Å². The highest BCUT2D eigenvalue weighted by atomic mass is 19.1. The zero-order valence-electron chi connectivity index (χ0n) is 10.4. The van der Waals surface area contributed by atoms with Gasteiger partial charge in [-0.25, -0.2) is 9.18 Å². The van der Waals surface area contributed by atoms with Crippen molar-refractivity contribution < 1.29 is 18.7 Å². The average molecular weight is 253 g/mol. The summed E-state index contributed by atoms with van der Waals surface area (Å²) in [6.07, 6.45) is -1.56. The molecule has 0 aliphatic carbocycles. The molecule has 1 aromatic rings. The van der Waals surface area contributed by atoms with Gasteiger partial charge in [0.1, 0.15) is 24.6 Å². The second-order valence-electron chi connectivity index (χ2n) is 4.30. The SMILES string of the molecule is COc1ccc(CN2C(=O)OCC2[C@@H](C)F)cc1. The van der Waals surface area contributed by atoms with Crippen LogP contribution in [0.2, 0.25) is 0 Å². The number of methoxy groups -OCH3 is 1. The third-order valence-electron chi connectivity index (χ3n) is 3.05. The molecule has 1 saturated heterocycles. The van der Waals surface area contributed by atoms with Gasteiger partial charge in [0.2, 0.25) is 0 Å². The maximum absolute atomic E-state index is 13.4. The molecule has 2 rings (SSSR count). The number of alkyl halides is 1. The van der Waals surface area contributed by atoms with E-state index in [1.54, 1.807) is 7.11 Å². The van der Waals surface area contributed by atoms with Gasteiger partial charge in [-0.05, 0) is 24.6 Å². The fourth-order valence-corrected chi connectivity index (χ4v) is 1.95. The molecule has 5 heteroatoms. The number of carbonyl (C=O) groups is 1. The fraction of sp³-hybridized carbons (Fsp3) is 0.462. The van der Waals surface area contributed by atoms with Crippen molar-refractivity contribution in [3.8, 4) is 5.75 Å². The highest BCUT2D eigenvalue weighted by Crippen LogP contribution is 2.21. The van der Waals surface area contributed by atoms with E-state index in [-0.39, 0.29) is 6.61 Å². The van der Waals surface area contributed by atoms with Gasteiger partial charge in [-0.15, -0.1) is 0 Å². The highest BCUT2D eigenvalue weighted by molar-refractivity contribution is 5.70. The maximum Gasteiger partial charge on any atom is 0.410 e. The maximum atomic E-state index is 13.4. The Morgan fingerprint density at radius 3 is 2.72 bits per heavy atom. The first-order valence-corrected chi connectivity index (χ1v) is 5.82. The van der Waals surface area contributed by atoms with Crippen molar-refractivity contribution in [2.75, 3.05) is 13.7 Å². The molecule has 0 radical (unpaired) electrons. The monoisotopic (exact) mass is 253 g/mol. The van der Waals surface area contributed by atoms with Crippen LogP contribution in [0.1, 0.15) is 12.5 Å². The summed E-state index contributed by atoms with van der Waals surface area (Å²) in [6.45, 7) is 1.90. The summed E-state index contributed by atoms with van der Waals surface area (Å²) in [5.41, 5.74) is 0.917. The van der Waals surface area contributed by atoms with Gasteiger partial charge in [-0.3, -0.25) is 4.90 Å². The minimum atomic E-state index is -1.10. The number of carbonyl (C=O) groups excluding carboxylic acids is 1. The quantitative estimate of drug-likeness (QED) is 0.827. The summed E-state index contributed by atoms with van der Waals surface area (Å²) in [5.74, 6) is 0.748. The lowest BCUT2D eigenvalue weighted by molar-refractivity contribution is 0.150. The van der Waals surface area contributed by atoms with Crippen LogP contribution in [0, 0.1) is 0 Å². The van der Waals surface area contributed by atoms with E-state index < -0.39 is 18.3 Å². The Balaban J connectivity index is 2.08. The molecule has 1 heterocycles. The molecular formula is C13H16FNO3. The summed E-state index contributed by atoms with van der Waals surface area (Å²) in [7, 11) is 1.59. The summed E-state index contributed by atoms with van der Waals surface area (Å²) < 4.78 is 23.3. The molecule has 4 nitrogen and oxygen atoms in total. The van der Waals surface area contributed by atoms with E-state index in [0.29, 0.717) is 6.54 Å². The molecule has 1 fully saturated rings. The number of cyclic esters (lactones) is 1. The van der Waals surface area contributed by atoms with Crippen molar-refractivity contribution in [3.05, 3.63) is 29.8 Å². The lowest BCUT2D eigenvalue weighted by Gasteiger charge is -2.22. The zero-order valence-corrected chi connectivity index (χ0v) is 10.4. The summed E-state index contributed by atoms with van der Waals surface area (Å²) >= 11 is 0.